The number of aliphatic imine (C=N–C) groups is 1. The molecule has 2 unspecified atom stereocenters. The summed E-state index contributed by atoms with van der Waals surface area (Å²) < 4.78 is 25.6. The molecule has 0 amide bonds. The molecule has 2 heterocycles. The van der Waals surface area contributed by atoms with Gasteiger partial charge in [-0.05, 0) is 36.7 Å². The minimum absolute atomic E-state index is 0.0237. The summed E-state index contributed by atoms with van der Waals surface area (Å²) in [6.07, 6.45) is 5.39. The van der Waals surface area contributed by atoms with Crippen molar-refractivity contribution in [3.8, 4) is 0 Å². The summed E-state index contributed by atoms with van der Waals surface area (Å²) in [4.78, 5) is 6.83. The molecule has 1 aromatic carbocycles. The van der Waals surface area contributed by atoms with E-state index in [4.69, 9.17) is 0 Å². The fraction of sp³-hybridized carbons (Fsp3) is 0.667. The number of hydrogen-bond acceptors (Lipinski definition) is 3. The van der Waals surface area contributed by atoms with Crippen molar-refractivity contribution in [1.29, 1.82) is 0 Å². The van der Waals surface area contributed by atoms with Gasteiger partial charge in [-0.15, -0.1) is 0 Å². The van der Waals surface area contributed by atoms with Crippen LogP contribution < -0.4 is 5.32 Å². The largest absolute Gasteiger partial charge is 0.355 e. The van der Waals surface area contributed by atoms with Crippen molar-refractivity contribution in [3.63, 3.8) is 0 Å². The van der Waals surface area contributed by atoms with Crippen LogP contribution in [0.5, 0.6) is 0 Å². The number of likely N-dealkylation sites (tertiary alicyclic amines) is 1. The molecular weight excluding hydrogens is 372 g/mol. The molecule has 0 aromatic heterocycles. The summed E-state index contributed by atoms with van der Waals surface area (Å²) >= 11 is 0. The molecule has 3 rings (SSSR count). The lowest BCUT2D eigenvalue weighted by molar-refractivity contribution is 0.215. The molecule has 2 fully saturated rings. The molecule has 0 saturated carbocycles. The molecule has 0 bridgehead atoms. The second kappa shape index (κ2) is 9.27. The van der Waals surface area contributed by atoms with E-state index in [9.17, 15) is 8.42 Å². The number of hydrogen-bond donors (Lipinski definition) is 1. The molecule has 1 aromatic rings. The van der Waals surface area contributed by atoms with Crippen LogP contribution in [-0.2, 0) is 10.0 Å². The van der Waals surface area contributed by atoms with E-state index in [-0.39, 0.29) is 6.04 Å². The smallest absolute Gasteiger partial charge is 0.211 e. The topological polar surface area (TPSA) is 65.0 Å². The highest BCUT2D eigenvalue weighted by Crippen LogP contribution is 2.34. The van der Waals surface area contributed by atoms with Gasteiger partial charge < -0.3 is 10.2 Å². The highest BCUT2D eigenvalue weighted by Gasteiger charge is 2.33. The van der Waals surface area contributed by atoms with Gasteiger partial charge in [0.15, 0.2) is 5.96 Å². The van der Waals surface area contributed by atoms with Gasteiger partial charge in [0.1, 0.15) is 0 Å². The Hall–Kier alpha value is -1.60. The van der Waals surface area contributed by atoms with E-state index in [2.05, 4.69) is 52.5 Å². The maximum atomic E-state index is 12.0. The van der Waals surface area contributed by atoms with E-state index < -0.39 is 10.0 Å². The third-order valence-corrected chi connectivity index (χ3v) is 7.57. The molecule has 0 spiro atoms. The van der Waals surface area contributed by atoms with Gasteiger partial charge in [-0.2, -0.15) is 4.31 Å². The normalized spacial score (nSPS) is 27.2. The van der Waals surface area contributed by atoms with Crippen LogP contribution in [0.25, 0.3) is 0 Å². The van der Waals surface area contributed by atoms with Gasteiger partial charge in [0.25, 0.3) is 0 Å². The predicted molar refractivity (Wildman–Crippen MR) is 115 cm³/mol. The number of nitrogens with one attached hydrogen (secondary N) is 1. The number of sulfonamides is 1. The summed E-state index contributed by atoms with van der Waals surface area (Å²) in [7, 11) is -1.33. The van der Waals surface area contributed by atoms with E-state index in [0.717, 1.165) is 44.7 Å². The fourth-order valence-corrected chi connectivity index (χ4v) is 5.95. The first-order valence-electron chi connectivity index (χ1n) is 10.4. The zero-order valence-corrected chi connectivity index (χ0v) is 18.2. The van der Waals surface area contributed by atoms with E-state index in [0.29, 0.717) is 24.9 Å². The molecule has 2 saturated heterocycles. The summed E-state index contributed by atoms with van der Waals surface area (Å²) in [5.41, 5.74) is 1.44. The molecule has 28 heavy (non-hydrogen) atoms. The van der Waals surface area contributed by atoms with Gasteiger partial charge in [-0.25, -0.2) is 8.42 Å². The Morgan fingerprint density at radius 3 is 2.61 bits per heavy atom. The van der Waals surface area contributed by atoms with Crippen LogP contribution in [0.3, 0.4) is 0 Å². The Balaban J connectivity index is 1.61. The zero-order valence-electron chi connectivity index (χ0n) is 17.3. The maximum absolute atomic E-state index is 12.0. The van der Waals surface area contributed by atoms with Crippen LogP contribution in [0.2, 0.25) is 0 Å². The van der Waals surface area contributed by atoms with Crippen LogP contribution >= 0.6 is 0 Å². The summed E-state index contributed by atoms with van der Waals surface area (Å²) in [5, 5.41) is 3.45. The zero-order chi connectivity index (χ0) is 20.1. The number of rotatable bonds is 5. The number of guanidine groups is 1. The van der Waals surface area contributed by atoms with E-state index in [1.807, 2.05) is 7.05 Å². The van der Waals surface area contributed by atoms with Crippen LogP contribution in [-0.4, -0.2) is 69.1 Å². The third kappa shape index (κ3) is 4.87. The highest BCUT2D eigenvalue weighted by molar-refractivity contribution is 7.88. The average Bonchev–Trinajstić information content (AvgIpc) is 3.18. The van der Waals surface area contributed by atoms with Crippen molar-refractivity contribution < 1.29 is 8.42 Å². The van der Waals surface area contributed by atoms with Crippen molar-refractivity contribution >= 4 is 16.0 Å². The number of benzene rings is 1. The number of nitrogens with zero attached hydrogens (tertiary/aromatic N) is 3. The molecule has 7 heteroatoms. The van der Waals surface area contributed by atoms with Crippen molar-refractivity contribution in [2.75, 3.05) is 39.5 Å². The van der Waals surface area contributed by atoms with Crippen LogP contribution in [0.1, 0.15) is 44.1 Å². The Morgan fingerprint density at radius 1 is 1.21 bits per heavy atom. The van der Waals surface area contributed by atoms with Gasteiger partial charge in [0.05, 0.1) is 6.26 Å². The summed E-state index contributed by atoms with van der Waals surface area (Å²) in [6.45, 7) is 5.47. The van der Waals surface area contributed by atoms with E-state index >= 15 is 0 Å². The standard InChI is InChI=1S/C21H34N4O2S/c1-4-17-16-24(14-12-20(17)18-9-6-5-7-10-18)21(22-2)23-15-19-11-8-13-25(19)28(3,26)27/h5-7,9-10,17,19-20H,4,8,11-16H2,1-3H3,(H,22,23)/t17?,19-,20?/m1/s1. The molecule has 1 N–H and O–H groups in total. The Bertz CT molecular complexity index is 766. The first-order valence-corrected chi connectivity index (χ1v) is 12.3. The molecule has 6 nitrogen and oxygen atoms in total. The van der Waals surface area contributed by atoms with Crippen molar-refractivity contribution in [3.05, 3.63) is 35.9 Å². The molecular formula is C21H34N4O2S. The second-order valence-corrected chi connectivity index (χ2v) is 9.95. The van der Waals surface area contributed by atoms with Gasteiger partial charge >= 0.3 is 0 Å². The molecule has 156 valence electrons. The first kappa shape index (κ1) is 21.1. The van der Waals surface area contributed by atoms with Gasteiger partial charge in [0, 0.05) is 39.3 Å². The lowest BCUT2D eigenvalue weighted by Crippen LogP contribution is -2.51. The van der Waals surface area contributed by atoms with Gasteiger partial charge in [-0.3, -0.25) is 4.99 Å². The molecule has 0 aliphatic carbocycles. The molecule has 2 aliphatic rings. The van der Waals surface area contributed by atoms with Crippen molar-refractivity contribution in [1.82, 2.24) is 14.5 Å². The van der Waals surface area contributed by atoms with Gasteiger partial charge in [-0.1, -0.05) is 43.7 Å². The third-order valence-electron chi connectivity index (χ3n) is 6.24. The summed E-state index contributed by atoms with van der Waals surface area (Å²) in [5.74, 6) is 2.08. The number of piperidine rings is 1. The predicted octanol–water partition coefficient (Wildman–Crippen LogP) is 2.50. The lowest BCUT2D eigenvalue weighted by Gasteiger charge is -2.40. The second-order valence-electron chi connectivity index (χ2n) is 8.02. The summed E-state index contributed by atoms with van der Waals surface area (Å²) in [6, 6.07) is 10.9. The Morgan fingerprint density at radius 2 is 1.96 bits per heavy atom. The fourth-order valence-electron chi connectivity index (χ4n) is 4.77. The first-order chi connectivity index (χ1) is 13.4. The SMILES string of the molecule is CCC1CN(C(=NC)NC[C@H]2CCCN2S(C)(=O)=O)CCC1c1ccccc1. The molecule has 2 aliphatic heterocycles. The quantitative estimate of drug-likeness (QED) is 0.603. The lowest BCUT2D eigenvalue weighted by atomic mass is 9.79. The van der Waals surface area contributed by atoms with Crippen molar-refractivity contribution in [2.24, 2.45) is 10.9 Å². The van der Waals surface area contributed by atoms with Gasteiger partial charge in [0.2, 0.25) is 10.0 Å². The minimum Gasteiger partial charge on any atom is -0.355 e. The Kier molecular flexibility index (Phi) is 6.99. The highest BCUT2D eigenvalue weighted by atomic mass is 32.2. The van der Waals surface area contributed by atoms with E-state index in [1.165, 1.54) is 11.8 Å². The van der Waals surface area contributed by atoms with Crippen LogP contribution in [0, 0.1) is 5.92 Å². The monoisotopic (exact) mass is 406 g/mol. The maximum Gasteiger partial charge on any atom is 0.211 e. The average molecular weight is 407 g/mol. The molecule has 3 atom stereocenters. The minimum atomic E-state index is -3.14. The van der Waals surface area contributed by atoms with Crippen LogP contribution in [0.15, 0.2) is 35.3 Å². The van der Waals surface area contributed by atoms with Crippen LogP contribution in [0.4, 0.5) is 0 Å². The Labute approximate surface area is 170 Å². The van der Waals surface area contributed by atoms with E-state index in [1.54, 1.807) is 4.31 Å². The van der Waals surface area contributed by atoms with Crippen molar-refractivity contribution in [2.45, 2.75) is 44.6 Å². The molecule has 0 radical (unpaired) electrons.